The predicted octanol–water partition coefficient (Wildman–Crippen LogP) is 3.54. The number of hydrogen-bond acceptors (Lipinski definition) is 8. The molecule has 4 aromatic rings. The first-order chi connectivity index (χ1) is 19.1. The first-order valence-corrected chi connectivity index (χ1v) is 12.3. The van der Waals surface area contributed by atoms with Gasteiger partial charge in [0.25, 0.3) is 11.1 Å². The van der Waals surface area contributed by atoms with E-state index < -0.39 is 17.7 Å². The second kappa shape index (κ2) is 10.8. The lowest BCUT2D eigenvalue weighted by molar-refractivity contribution is -0.274. The number of aryl methyl sites for hydroxylation is 1. The summed E-state index contributed by atoms with van der Waals surface area (Å²) in [6.07, 6.45) is -1.62. The maximum absolute atomic E-state index is 13.7. The van der Waals surface area contributed by atoms with E-state index in [9.17, 15) is 22.8 Å². The zero-order valence-corrected chi connectivity index (χ0v) is 21.6. The number of aromatic nitrogens is 4. The van der Waals surface area contributed by atoms with Crippen LogP contribution in [0.1, 0.15) is 16.7 Å². The molecule has 1 aliphatic rings. The average Bonchev–Trinajstić information content (AvgIpc) is 2.93. The fourth-order valence-electron chi connectivity index (χ4n) is 4.52. The molecule has 2 aromatic carbocycles. The van der Waals surface area contributed by atoms with Crippen LogP contribution in [0.5, 0.6) is 11.5 Å². The molecule has 0 bridgehead atoms. The van der Waals surface area contributed by atoms with Crippen molar-refractivity contribution >= 4 is 11.5 Å². The van der Waals surface area contributed by atoms with Gasteiger partial charge in [-0.25, -0.2) is 4.98 Å². The second-order valence-corrected chi connectivity index (χ2v) is 9.22. The fourth-order valence-corrected chi connectivity index (χ4v) is 4.52. The van der Waals surface area contributed by atoms with Crippen LogP contribution in [-0.2, 0) is 26.6 Å². The van der Waals surface area contributed by atoms with E-state index in [2.05, 4.69) is 25.0 Å². The Morgan fingerprint density at radius 3 is 2.35 bits per heavy atom. The number of fused-ring (bicyclic) bond motifs is 1. The minimum absolute atomic E-state index is 0.166. The summed E-state index contributed by atoms with van der Waals surface area (Å²) in [6.45, 7) is 1.52. The lowest BCUT2D eigenvalue weighted by Gasteiger charge is -2.30. The van der Waals surface area contributed by atoms with Gasteiger partial charge in [-0.2, -0.15) is 4.68 Å². The molecule has 0 radical (unpaired) electrons. The first-order valence-electron chi connectivity index (χ1n) is 12.3. The molecule has 0 fully saturated rings. The minimum Gasteiger partial charge on any atom is -0.497 e. The van der Waals surface area contributed by atoms with Gasteiger partial charge in [0.05, 0.1) is 25.3 Å². The normalized spacial score (nSPS) is 13.5. The third-order valence-corrected chi connectivity index (χ3v) is 6.49. The van der Waals surface area contributed by atoms with Crippen LogP contribution in [-0.4, -0.2) is 44.2 Å². The van der Waals surface area contributed by atoms with Crippen LogP contribution >= 0.6 is 0 Å². The van der Waals surface area contributed by atoms with E-state index >= 15 is 0 Å². The van der Waals surface area contributed by atoms with Gasteiger partial charge in [0, 0.05) is 37.8 Å². The average molecular weight is 555 g/mol. The van der Waals surface area contributed by atoms with Crippen molar-refractivity contribution < 1.29 is 22.6 Å². The molecule has 0 unspecified atom stereocenters. The SMILES string of the molecule is COc1ccc(CN2CCc3c(Nc4cncn(C)c4=O)nn(-c4ccc(OC(F)(F)F)cc4)c(=O)c3C2)cc1. The van der Waals surface area contributed by atoms with E-state index in [1.165, 1.54) is 29.2 Å². The van der Waals surface area contributed by atoms with Gasteiger partial charge in [-0.1, -0.05) is 12.1 Å². The number of anilines is 2. The molecule has 40 heavy (non-hydrogen) atoms. The van der Waals surface area contributed by atoms with Crippen LogP contribution in [0.2, 0.25) is 0 Å². The number of methoxy groups -OCH3 is 1. The van der Waals surface area contributed by atoms with E-state index in [0.29, 0.717) is 43.0 Å². The molecule has 0 spiro atoms. The van der Waals surface area contributed by atoms with Gasteiger partial charge in [0.1, 0.15) is 17.2 Å². The highest BCUT2D eigenvalue weighted by Crippen LogP contribution is 2.27. The minimum atomic E-state index is -4.84. The Labute approximate surface area is 226 Å². The standard InChI is InChI=1S/C27H25F3N6O4/c1-34-16-31-13-23(26(34)38)32-24-21-11-12-35(14-17-3-7-19(39-2)8-4-17)15-22(21)25(37)36(33-24)18-5-9-20(10-6-18)40-27(28,29)30/h3-10,13,16H,11-12,14-15H2,1-2H3,(H,32,33). The number of ether oxygens (including phenoxy) is 2. The highest BCUT2D eigenvalue weighted by Gasteiger charge is 2.31. The molecule has 208 valence electrons. The number of nitrogens with zero attached hydrogens (tertiary/aromatic N) is 5. The van der Waals surface area contributed by atoms with Crippen LogP contribution in [0.15, 0.2) is 70.6 Å². The Morgan fingerprint density at radius 1 is 0.975 bits per heavy atom. The lowest BCUT2D eigenvalue weighted by atomic mass is 10.0. The number of halogens is 3. The summed E-state index contributed by atoms with van der Waals surface area (Å²) in [5, 5.41) is 7.50. The van der Waals surface area contributed by atoms with E-state index in [1.54, 1.807) is 14.2 Å². The van der Waals surface area contributed by atoms with Crippen LogP contribution in [0.4, 0.5) is 24.7 Å². The monoisotopic (exact) mass is 554 g/mol. The maximum Gasteiger partial charge on any atom is 0.573 e. The summed E-state index contributed by atoms with van der Waals surface area (Å²) in [4.78, 5) is 32.5. The fraction of sp³-hybridized carbons (Fsp3) is 0.259. The Morgan fingerprint density at radius 2 is 1.68 bits per heavy atom. The second-order valence-electron chi connectivity index (χ2n) is 9.22. The maximum atomic E-state index is 13.7. The molecule has 10 nitrogen and oxygen atoms in total. The van der Waals surface area contributed by atoms with E-state index in [0.717, 1.165) is 28.1 Å². The van der Waals surface area contributed by atoms with Crippen LogP contribution in [0.3, 0.4) is 0 Å². The van der Waals surface area contributed by atoms with Crippen molar-refractivity contribution in [1.82, 2.24) is 24.2 Å². The summed E-state index contributed by atoms with van der Waals surface area (Å²) < 4.78 is 49.5. The molecular weight excluding hydrogens is 529 g/mol. The van der Waals surface area contributed by atoms with E-state index in [1.807, 2.05) is 24.3 Å². The largest absolute Gasteiger partial charge is 0.573 e. The number of nitrogens with one attached hydrogen (secondary N) is 1. The predicted molar refractivity (Wildman–Crippen MR) is 140 cm³/mol. The highest BCUT2D eigenvalue weighted by molar-refractivity contribution is 5.60. The third kappa shape index (κ3) is 5.83. The van der Waals surface area contributed by atoms with Crippen molar-refractivity contribution in [2.75, 3.05) is 19.0 Å². The van der Waals surface area contributed by atoms with Crippen molar-refractivity contribution in [3.8, 4) is 17.2 Å². The van der Waals surface area contributed by atoms with Crippen LogP contribution in [0.25, 0.3) is 5.69 Å². The zero-order valence-electron chi connectivity index (χ0n) is 21.6. The third-order valence-electron chi connectivity index (χ3n) is 6.49. The summed E-state index contributed by atoms with van der Waals surface area (Å²) in [5.41, 5.74) is 1.81. The topological polar surface area (TPSA) is 104 Å². The number of rotatable bonds is 7. The molecule has 13 heteroatoms. The van der Waals surface area contributed by atoms with Crippen molar-refractivity contribution in [1.29, 1.82) is 0 Å². The molecule has 0 atom stereocenters. The van der Waals surface area contributed by atoms with Crippen molar-refractivity contribution in [2.45, 2.75) is 25.9 Å². The summed E-state index contributed by atoms with van der Waals surface area (Å²) in [6, 6.07) is 12.5. The molecule has 0 saturated heterocycles. The van der Waals surface area contributed by atoms with Gasteiger partial charge < -0.3 is 19.4 Å². The van der Waals surface area contributed by atoms with Gasteiger partial charge in [-0.3, -0.25) is 14.5 Å². The molecule has 0 amide bonds. The van der Waals surface area contributed by atoms with Crippen molar-refractivity contribution in [3.63, 3.8) is 0 Å². The number of hydrogen-bond donors (Lipinski definition) is 1. The summed E-state index contributed by atoms with van der Waals surface area (Å²) in [7, 11) is 3.16. The Bertz CT molecular complexity index is 1630. The Kier molecular flexibility index (Phi) is 7.30. The Balaban J connectivity index is 1.53. The highest BCUT2D eigenvalue weighted by atomic mass is 19.4. The number of benzene rings is 2. The summed E-state index contributed by atoms with van der Waals surface area (Å²) in [5.74, 6) is 0.607. The first kappa shape index (κ1) is 26.9. The zero-order chi connectivity index (χ0) is 28.4. The molecule has 2 aromatic heterocycles. The lowest BCUT2D eigenvalue weighted by Crippen LogP contribution is -2.38. The molecule has 0 aliphatic carbocycles. The van der Waals surface area contributed by atoms with Gasteiger partial charge in [0.15, 0.2) is 5.82 Å². The van der Waals surface area contributed by atoms with Crippen LogP contribution < -0.4 is 25.9 Å². The van der Waals surface area contributed by atoms with E-state index in [-0.39, 0.29) is 16.9 Å². The number of alkyl halides is 3. The molecule has 0 saturated carbocycles. The van der Waals surface area contributed by atoms with Gasteiger partial charge in [-0.05, 0) is 48.4 Å². The van der Waals surface area contributed by atoms with Crippen molar-refractivity contribution in [3.05, 3.63) is 98.5 Å². The molecule has 5 rings (SSSR count). The summed E-state index contributed by atoms with van der Waals surface area (Å²) >= 11 is 0. The van der Waals surface area contributed by atoms with Crippen molar-refractivity contribution in [2.24, 2.45) is 7.05 Å². The van der Waals surface area contributed by atoms with Gasteiger partial charge in [0.2, 0.25) is 0 Å². The smallest absolute Gasteiger partial charge is 0.497 e. The van der Waals surface area contributed by atoms with Gasteiger partial charge >= 0.3 is 6.36 Å². The molecular formula is C27H25F3N6O4. The van der Waals surface area contributed by atoms with E-state index in [4.69, 9.17) is 4.74 Å². The van der Waals surface area contributed by atoms with Crippen LogP contribution in [0, 0.1) is 0 Å². The molecule has 1 aliphatic heterocycles. The Hall–Kier alpha value is -4.65. The quantitative estimate of drug-likeness (QED) is 0.370. The molecule has 1 N–H and O–H groups in total. The van der Waals surface area contributed by atoms with Gasteiger partial charge in [-0.15, -0.1) is 18.3 Å². The molecule has 3 heterocycles.